The number of amides is 1. The van der Waals surface area contributed by atoms with Crippen molar-refractivity contribution in [3.63, 3.8) is 0 Å². The number of hydrogen-bond donors (Lipinski definition) is 0. The number of thiazole rings is 1. The second-order valence-electron chi connectivity index (χ2n) is 5.99. The zero-order valence-electron chi connectivity index (χ0n) is 15.2. The summed E-state index contributed by atoms with van der Waals surface area (Å²) in [5.41, 5.74) is 0.807. The van der Waals surface area contributed by atoms with Crippen molar-refractivity contribution in [3.8, 4) is 11.5 Å². The summed E-state index contributed by atoms with van der Waals surface area (Å²) in [7, 11) is 1.62. The Morgan fingerprint density at radius 2 is 1.96 bits per heavy atom. The second kappa shape index (κ2) is 8.14. The summed E-state index contributed by atoms with van der Waals surface area (Å²) in [4.78, 5) is 19.1. The Kier molecular flexibility index (Phi) is 5.25. The van der Waals surface area contributed by atoms with Crippen LogP contribution in [0.3, 0.4) is 0 Å². The van der Waals surface area contributed by atoms with Gasteiger partial charge in [-0.3, -0.25) is 9.69 Å². The predicted octanol–water partition coefficient (Wildman–Crippen LogP) is 4.51. The lowest BCUT2D eigenvalue weighted by atomic mass is 10.3. The Balaban J connectivity index is 1.60. The van der Waals surface area contributed by atoms with Crippen LogP contribution in [0.5, 0.6) is 11.5 Å². The van der Waals surface area contributed by atoms with Gasteiger partial charge in [0.05, 0.1) is 30.1 Å². The summed E-state index contributed by atoms with van der Waals surface area (Å²) in [5.74, 6) is 1.86. The van der Waals surface area contributed by atoms with Gasteiger partial charge in [-0.2, -0.15) is 0 Å². The van der Waals surface area contributed by atoms with Crippen molar-refractivity contribution in [2.24, 2.45) is 0 Å². The quantitative estimate of drug-likeness (QED) is 0.461. The van der Waals surface area contributed by atoms with E-state index in [-0.39, 0.29) is 19.1 Å². The van der Waals surface area contributed by atoms with Gasteiger partial charge in [0.25, 0.3) is 5.91 Å². The highest BCUT2D eigenvalue weighted by Gasteiger charge is 2.22. The summed E-state index contributed by atoms with van der Waals surface area (Å²) in [6.07, 6.45) is 1.58. The minimum absolute atomic E-state index is 0.0933. The highest BCUT2D eigenvalue weighted by atomic mass is 32.1. The molecular weight excluding hydrogens is 376 g/mol. The number of hydrogen-bond acceptors (Lipinski definition) is 6. The van der Waals surface area contributed by atoms with Gasteiger partial charge in [0.2, 0.25) is 0 Å². The minimum Gasteiger partial charge on any atom is -0.497 e. The van der Waals surface area contributed by atoms with E-state index in [0.29, 0.717) is 16.6 Å². The number of methoxy groups -OCH3 is 1. The van der Waals surface area contributed by atoms with Crippen molar-refractivity contribution < 1.29 is 18.7 Å². The predicted molar refractivity (Wildman–Crippen MR) is 108 cm³/mol. The summed E-state index contributed by atoms with van der Waals surface area (Å²) in [5, 5.41) is 0.585. The van der Waals surface area contributed by atoms with E-state index >= 15 is 0 Å². The Morgan fingerprint density at radius 3 is 2.71 bits per heavy atom. The maximum atomic E-state index is 12.9. The molecule has 2 aromatic carbocycles. The largest absolute Gasteiger partial charge is 0.497 e. The minimum atomic E-state index is -0.203. The third-order valence-corrected chi connectivity index (χ3v) is 5.16. The molecule has 0 aliphatic rings. The van der Waals surface area contributed by atoms with Crippen LogP contribution in [0, 0.1) is 0 Å². The molecule has 0 aliphatic carbocycles. The van der Waals surface area contributed by atoms with Gasteiger partial charge in [-0.1, -0.05) is 29.5 Å². The van der Waals surface area contributed by atoms with Crippen LogP contribution >= 0.6 is 11.3 Å². The van der Waals surface area contributed by atoms with Crippen LogP contribution in [0.2, 0.25) is 0 Å². The number of benzene rings is 2. The third-order valence-electron chi connectivity index (χ3n) is 4.12. The third kappa shape index (κ3) is 3.99. The Labute approximate surface area is 165 Å². The molecule has 28 heavy (non-hydrogen) atoms. The molecule has 0 aliphatic heterocycles. The molecule has 4 rings (SSSR count). The van der Waals surface area contributed by atoms with Gasteiger partial charge in [0.15, 0.2) is 11.7 Å². The number of aromatic nitrogens is 1. The first kappa shape index (κ1) is 18.1. The smallest absolute Gasteiger partial charge is 0.267 e. The highest BCUT2D eigenvalue weighted by Crippen LogP contribution is 2.32. The topological polar surface area (TPSA) is 64.8 Å². The Morgan fingerprint density at radius 1 is 1.11 bits per heavy atom. The summed E-state index contributed by atoms with van der Waals surface area (Å²) in [6.45, 7) is 0.185. The van der Waals surface area contributed by atoms with Crippen LogP contribution in [-0.2, 0) is 11.3 Å². The fourth-order valence-corrected chi connectivity index (χ4v) is 3.71. The molecule has 142 valence electrons. The summed E-state index contributed by atoms with van der Waals surface area (Å²) >= 11 is 1.42. The van der Waals surface area contributed by atoms with E-state index < -0.39 is 0 Å². The zero-order valence-corrected chi connectivity index (χ0v) is 16.0. The first-order valence-electron chi connectivity index (χ1n) is 8.68. The van der Waals surface area contributed by atoms with Crippen LogP contribution in [0.1, 0.15) is 5.76 Å². The molecule has 0 spiro atoms. The first-order chi connectivity index (χ1) is 13.7. The number of anilines is 1. The molecule has 0 unspecified atom stereocenters. The standard InChI is InChI=1S/C21H18N2O4S/c1-25-16-9-10-18-19(12-16)28-21(22-18)23(13-17-8-5-11-26-17)20(24)14-27-15-6-3-2-4-7-15/h2-12H,13-14H2,1H3. The summed E-state index contributed by atoms with van der Waals surface area (Å²) in [6, 6.07) is 18.5. The maximum absolute atomic E-state index is 12.9. The van der Waals surface area contributed by atoms with Gasteiger partial charge < -0.3 is 13.9 Å². The van der Waals surface area contributed by atoms with Crippen molar-refractivity contribution in [1.29, 1.82) is 0 Å². The van der Waals surface area contributed by atoms with E-state index in [0.717, 1.165) is 16.0 Å². The van der Waals surface area contributed by atoms with Gasteiger partial charge in [0.1, 0.15) is 17.3 Å². The van der Waals surface area contributed by atoms with Crippen LogP contribution in [0.25, 0.3) is 10.2 Å². The number of ether oxygens (including phenoxy) is 2. The molecule has 6 nitrogen and oxygen atoms in total. The highest BCUT2D eigenvalue weighted by molar-refractivity contribution is 7.22. The van der Waals surface area contributed by atoms with Crippen LogP contribution in [0.4, 0.5) is 5.13 Å². The van der Waals surface area contributed by atoms with E-state index in [1.807, 2.05) is 54.6 Å². The monoisotopic (exact) mass is 394 g/mol. The number of carbonyl (C=O) groups is 1. The lowest BCUT2D eigenvalue weighted by Gasteiger charge is -2.19. The fraction of sp³-hybridized carbons (Fsp3) is 0.143. The summed E-state index contributed by atoms with van der Waals surface area (Å²) < 4.78 is 17.3. The van der Waals surface area contributed by atoms with Crippen molar-refractivity contribution in [3.05, 3.63) is 72.7 Å². The number of fused-ring (bicyclic) bond motifs is 1. The molecule has 0 fully saturated rings. The van der Waals surface area contributed by atoms with E-state index in [1.165, 1.54) is 11.3 Å². The van der Waals surface area contributed by atoms with Crippen molar-refractivity contribution in [1.82, 2.24) is 4.98 Å². The normalized spacial score (nSPS) is 10.8. The number of carbonyl (C=O) groups excluding carboxylic acids is 1. The second-order valence-corrected chi connectivity index (χ2v) is 7.00. The van der Waals surface area contributed by atoms with Crippen LogP contribution in [0.15, 0.2) is 71.3 Å². The van der Waals surface area contributed by atoms with Crippen molar-refractivity contribution in [2.75, 3.05) is 18.6 Å². The molecule has 7 heteroatoms. The molecule has 0 saturated carbocycles. The molecular formula is C21H18N2O4S. The average Bonchev–Trinajstić information content (AvgIpc) is 3.39. The van der Waals surface area contributed by atoms with Crippen molar-refractivity contribution >= 4 is 32.6 Å². The molecule has 1 amide bonds. The average molecular weight is 394 g/mol. The molecule has 0 radical (unpaired) electrons. The van der Waals surface area contributed by atoms with Gasteiger partial charge in [-0.25, -0.2) is 4.98 Å². The number of furan rings is 1. The molecule has 2 heterocycles. The number of para-hydroxylation sites is 1. The number of nitrogens with zero attached hydrogens (tertiary/aromatic N) is 2. The lowest BCUT2D eigenvalue weighted by molar-refractivity contribution is -0.120. The van der Waals surface area contributed by atoms with Gasteiger partial charge in [-0.15, -0.1) is 0 Å². The zero-order chi connectivity index (χ0) is 19.3. The molecule has 0 bridgehead atoms. The Bertz CT molecular complexity index is 1060. The number of rotatable bonds is 7. The molecule has 4 aromatic rings. The molecule has 0 saturated heterocycles. The van der Waals surface area contributed by atoms with Gasteiger partial charge in [0, 0.05) is 0 Å². The van der Waals surface area contributed by atoms with Crippen molar-refractivity contribution in [2.45, 2.75) is 6.54 Å². The fourth-order valence-electron chi connectivity index (χ4n) is 2.70. The molecule has 2 aromatic heterocycles. The van der Waals surface area contributed by atoms with E-state index in [2.05, 4.69) is 4.98 Å². The Hall–Kier alpha value is -3.32. The van der Waals surface area contributed by atoms with Crippen LogP contribution in [-0.4, -0.2) is 24.6 Å². The van der Waals surface area contributed by atoms with E-state index in [9.17, 15) is 4.79 Å². The first-order valence-corrected chi connectivity index (χ1v) is 9.50. The lowest BCUT2D eigenvalue weighted by Crippen LogP contribution is -2.34. The molecule has 0 atom stereocenters. The van der Waals surface area contributed by atoms with E-state index in [1.54, 1.807) is 24.3 Å². The maximum Gasteiger partial charge on any atom is 0.267 e. The van der Waals surface area contributed by atoms with Crippen LogP contribution < -0.4 is 14.4 Å². The molecule has 0 N–H and O–H groups in total. The van der Waals surface area contributed by atoms with Gasteiger partial charge in [-0.05, 0) is 42.5 Å². The van der Waals surface area contributed by atoms with Gasteiger partial charge >= 0.3 is 0 Å². The van der Waals surface area contributed by atoms with E-state index in [4.69, 9.17) is 13.9 Å². The SMILES string of the molecule is COc1ccc2nc(N(Cc3ccco3)C(=O)COc3ccccc3)sc2c1.